The highest BCUT2D eigenvalue weighted by molar-refractivity contribution is 7.89. The van der Waals surface area contributed by atoms with Crippen LogP contribution in [0.2, 0.25) is 0 Å². The maximum absolute atomic E-state index is 14.0. The number of hydrogen-bond donors (Lipinski definition) is 2. The molecule has 34 heavy (non-hydrogen) atoms. The number of ether oxygens (including phenoxy) is 1. The summed E-state index contributed by atoms with van der Waals surface area (Å²) in [5.74, 6) is -1.85. The second-order valence-corrected chi connectivity index (χ2v) is 10.5. The number of carbonyl (C=O) groups is 1. The molecule has 0 spiro atoms. The van der Waals surface area contributed by atoms with E-state index in [2.05, 4.69) is 14.9 Å². The van der Waals surface area contributed by atoms with E-state index in [9.17, 15) is 22.0 Å². The lowest BCUT2D eigenvalue weighted by Crippen LogP contribution is -2.53. The molecule has 2 aromatic rings. The number of likely N-dealkylation sites (tertiary alicyclic amines) is 1. The van der Waals surface area contributed by atoms with Crippen molar-refractivity contribution in [3.8, 4) is 5.75 Å². The maximum Gasteiger partial charge on any atom is 0.244 e. The summed E-state index contributed by atoms with van der Waals surface area (Å²) in [4.78, 5) is 14.6. The number of sulfonamides is 1. The number of nitrogens with zero attached hydrogens (tertiary/aromatic N) is 1. The first kappa shape index (κ1) is 26.1. The molecule has 1 amide bonds. The van der Waals surface area contributed by atoms with Crippen LogP contribution in [0.3, 0.4) is 0 Å². The molecule has 0 saturated carbocycles. The van der Waals surface area contributed by atoms with Gasteiger partial charge in [-0.05, 0) is 48.6 Å². The summed E-state index contributed by atoms with van der Waals surface area (Å²) in [6, 6.07) is 8.79. The Kier molecular flexibility index (Phi) is 8.62. The van der Waals surface area contributed by atoms with Gasteiger partial charge in [-0.2, -0.15) is 4.72 Å². The van der Waals surface area contributed by atoms with Crippen molar-refractivity contribution in [2.45, 2.75) is 50.2 Å². The number of amides is 1. The number of carbonyl (C=O) groups excluding carboxylic acids is 1. The number of rotatable bonds is 9. The largest absolute Gasteiger partial charge is 0.494 e. The van der Waals surface area contributed by atoms with Crippen molar-refractivity contribution in [1.82, 2.24) is 14.9 Å². The summed E-state index contributed by atoms with van der Waals surface area (Å²) >= 11 is 0. The first-order valence-corrected chi connectivity index (χ1v) is 12.7. The molecule has 0 unspecified atom stereocenters. The van der Waals surface area contributed by atoms with Crippen LogP contribution in [0.25, 0.3) is 0 Å². The molecule has 7 nitrogen and oxygen atoms in total. The highest BCUT2D eigenvalue weighted by Crippen LogP contribution is 2.21. The summed E-state index contributed by atoms with van der Waals surface area (Å²) in [6.07, 6.45) is 1.35. The molecule has 1 atom stereocenters. The number of methoxy groups -OCH3 is 1. The van der Waals surface area contributed by atoms with Crippen LogP contribution in [0.1, 0.15) is 32.3 Å². The smallest absolute Gasteiger partial charge is 0.244 e. The minimum Gasteiger partial charge on any atom is -0.494 e. The van der Waals surface area contributed by atoms with E-state index in [1.54, 1.807) is 19.9 Å². The van der Waals surface area contributed by atoms with Gasteiger partial charge in [0.05, 0.1) is 7.11 Å². The summed E-state index contributed by atoms with van der Waals surface area (Å²) < 4.78 is 60.6. The molecule has 10 heteroatoms. The first-order chi connectivity index (χ1) is 16.1. The topological polar surface area (TPSA) is 87.7 Å². The van der Waals surface area contributed by atoms with Gasteiger partial charge in [-0.1, -0.05) is 32.0 Å². The second kappa shape index (κ2) is 11.2. The first-order valence-electron chi connectivity index (χ1n) is 11.2. The Labute approximate surface area is 199 Å². The van der Waals surface area contributed by atoms with Crippen LogP contribution < -0.4 is 14.8 Å². The van der Waals surface area contributed by atoms with Crippen molar-refractivity contribution in [2.75, 3.05) is 20.2 Å². The Hall–Kier alpha value is -2.56. The quantitative estimate of drug-likeness (QED) is 0.558. The molecule has 1 heterocycles. The number of nitrogens with one attached hydrogen (secondary N) is 2. The van der Waals surface area contributed by atoms with Gasteiger partial charge in [0.25, 0.3) is 0 Å². The van der Waals surface area contributed by atoms with E-state index in [1.807, 2.05) is 6.07 Å². The third kappa shape index (κ3) is 6.52. The van der Waals surface area contributed by atoms with Crippen LogP contribution in [-0.4, -0.2) is 51.5 Å². The molecule has 1 aliphatic heterocycles. The SMILES string of the molecule is COc1ccc(CN2CCC(NC(=O)[C@@H](NS(=O)(=O)c3ccccc3F)C(C)C)CC2)cc1F. The summed E-state index contributed by atoms with van der Waals surface area (Å²) in [5.41, 5.74) is 0.836. The van der Waals surface area contributed by atoms with Crippen molar-refractivity contribution in [2.24, 2.45) is 5.92 Å². The number of hydrogen-bond acceptors (Lipinski definition) is 5. The molecule has 3 rings (SSSR count). The zero-order valence-corrected chi connectivity index (χ0v) is 20.4. The normalized spacial score (nSPS) is 16.4. The van der Waals surface area contributed by atoms with E-state index >= 15 is 0 Å². The molecule has 1 saturated heterocycles. The van der Waals surface area contributed by atoms with Crippen molar-refractivity contribution >= 4 is 15.9 Å². The van der Waals surface area contributed by atoms with Gasteiger partial charge >= 0.3 is 0 Å². The van der Waals surface area contributed by atoms with E-state index in [0.29, 0.717) is 32.5 Å². The fourth-order valence-electron chi connectivity index (χ4n) is 3.98. The standard InChI is InChI=1S/C24H31F2N3O4S/c1-16(2)23(28-34(31,32)22-7-5-4-6-19(22)25)24(30)27-18-10-12-29(13-11-18)15-17-8-9-21(33-3)20(26)14-17/h4-9,14,16,18,23,28H,10-13,15H2,1-3H3,(H,27,30)/t23-/m0/s1. The minimum atomic E-state index is -4.21. The zero-order chi connectivity index (χ0) is 24.9. The van der Waals surface area contributed by atoms with Crippen molar-refractivity contribution in [1.29, 1.82) is 0 Å². The van der Waals surface area contributed by atoms with E-state index in [0.717, 1.165) is 17.7 Å². The second-order valence-electron chi connectivity index (χ2n) is 8.80. The Morgan fingerprint density at radius 1 is 1.12 bits per heavy atom. The average Bonchev–Trinajstić information content (AvgIpc) is 2.79. The van der Waals surface area contributed by atoms with Gasteiger partial charge in [-0.3, -0.25) is 9.69 Å². The summed E-state index contributed by atoms with van der Waals surface area (Å²) in [6.45, 7) is 5.44. The molecular formula is C24H31F2N3O4S. The molecular weight excluding hydrogens is 464 g/mol. The van der Waals surface area contributed by atoms with Crippen LogP contribution >= 0.6 is 0 Å². The third-order valence-corrected chi connectivity index (χ3v) is 7.39. The van der Waals surface area contributed by atoms with E-state index < -0.39 is 38.5 Å². The van der Waals surface area contributed by atoms with Crippen molar-refractivity contribution < 1.29 is 26.7 Å². The van der Waals surface area contributed by atoms with Crippen LogP contribution in [-0.2, 0) is 21.4 Å². The van der Waals surface area contributed by atoms with E-state index in [1.165, 1.54) is 25.3 Å². The number of piperidine rings is 1. The fraction of sp³-hybridized carbons (Fsp3) is 0.458. The molecule has 2 aromatic carbocycles. The van der Waals surface area contributed by atoms with Crippen LogP contribution in [0, 0.1) is 17.6 Å². The molecule has 0 bridgehead atoms. The molecule has 1 aliphatic rings. The predicted octanol–water partition coefficient (Wildman–Crippen LogP) is 3.06. The fourth-order valence-corrected chi connectivity index (χ4v) is 5.40. The van der Waals surface area contributed by atoms with Crippen LogP contribution in [0.5, 0.6) is 5.75 Å². The highest BCUT2D eigenvalue weighted by Gasteiger charge is 2.31. The zero-order valence-electron chi connectivity index (χ0n) is 19.6. The van der Waals surface area contributed by atoms with Crippen LogP contribution in [0.4, 0.5) is 8.78 Å². The Bertz CT molecular complexity index is 1100. The Balaban J connectivity index is 1.56. The van der Waals surface area contributed by atoms with Crippen molar-refractivity contribution in [3.05, 3.63) is 59.7 Å². The Morgan fingerprint density at radius 2 is 1.79 bits per heavy atom. The monoisotopic (exact) mass is 495 g/mol. The molecule has 2 N–H and O–H groups in total. The minimum absolute atomic E-state index is 0.115. The van der Waals surface area contributed by atoms with Gasteiger partial charge in [-0.25, -0.2) is 17.2 Å². The van der Waals surface area contributed by atoms with Gasteiger partial charge in [0.2, 0.25) is 15.9 Å². The van der Waals surface area contributed by atoms with Gasteiger partial charge < -0.3 is 10.1 Å². The Morgan fingerprint density at radius 3 is 2.38 bits per heavy atom. The number of benzene rings is 2. The predicted molar refractivity (Wildman–Crippen MR) is 125 cm³/mol. The molecule has 0 aromatic heterocycles. The van der Waals surface area contributed by atoms with E-state index in [4.69, 9.17) is 4.74 Å². The van der Waals surface area contributed by atoms with Gasteiger partial charge in [-0.15, -0.1) is 0 Å². The summed E-state index contributed by atoms with van der Waals surface area (Å²) in [5, 5.41) is 2.93. The van der Waals surface area contributed by atoms with Gasteiger partial charge in [0, 0.05) is 25.7 Å². The lowest BCUT2D eigenvalue weighted by Gasteiger charge is -2.33. The van der Waals surface area contributed by atoms with E-state index in [-0.39, 0.29) is 17.7 Å². The lowest BCUT2D eigenvalue weighted by atomic mass is 10.0. The van der Waals surface area contributed by atoms with Gasteiger partial charge in [0.1, 0.15) is 16.8 Å². The third-order valence-electron chi connectivity index (χ3n) is 5.91. The highest BCUT2D eigenvalue weighted by atomic mass is 32.2. The van der Waals surface area contributed by atoms with Gasteiger partial charge in [0.15, 0.2) is 11.6 Å². The maximum atomic E-state index is 14.0. The van der Waals surface area contributed by atoms with Crippen molar-refractivity contribution in [3.63, 3.8) is 0 Å². The molecule has 0 aliphatic carbocycles. The molecule has 0 radical (unpaired) electrons. The van der Waals surface area contributed by atoms with Crippen LogP contribution in [0.15, 0.2) is 47.4 Å². The molecule has 1 fully saturated rings. The lowest BCUT2D eigenvalue weighted by molar-refractivity contribution is -0.124. The molecule has 186 valence electrons. The summed E-state index contributed by atoms with van der Waals surface area (Å²) in [7, 11) is -2.78. The number of halogens is 2. The average molecular weight is 496 g/mol.